The van der Waals surface area contributed by atoms with Gasteiger partial charge < -0.3 is 20.1 Å². The van der Waals surface area contributed by atoms with Gasteiger partial charge in [0, 0.05) is 12.2 Å². The van der Waals surface area contributed by atoms with E-state index in [1.165, 1.54) is 14.2 Å². The van der Waals surface area contributed by atoms with E-state index >= 15 is 0 Å². The second-order valence-corrected chi connectivity index (χ2v) is 5.20. The zero-order valence-electron chi connectivity index (χ0n) is 13.9. The van der Waals surface area contributed by atoms with Gasteiger partial charge in [-0.1, -0.05) is 18.2 Å². The van der Waals surface area contributed by atoms with Crippen LogP contribution in [-0.2, 0) is 11.3 Å². The summed E-state index contributed by atoms with van der Waals surface area (Å²) in [7, 11) is 2.79. The Morgan fingerprint density at radius 3 is 2.54 bits per heavy atom. The van der Waals surface area contributed by atoms with Crippen LogP contribution in [0.3, 0.4) is 0 Å². The first-order chi connectivity index (χ1) is 11.5. The van der Waals surface area contributed by atoms with Crippen LogP contribution < -0.4 is 15.4 Å². The summed E-state index contributed by atoms with van der Waals surface area (Å²) in [4.78, 5) is 23.7. The number of rotatable bonds is 5. The minimum absolute atomic E-state index is 0.269. The Morgan fingerprint density at radius 1 is 1.08 bits per heavy atom. The van der Waals surface area contributed by atoms with Crippen LogP contribution in [-0.4, -0.2) is 26.2 Å². The van der Waals surface area contributed by atoms with Crippen LogP contribution in [0.5, 0.6) is 5.75 Å². The van der Waals surface area contributed by atoms with Gasteiger partial charge in [-0.2, -0.15) is 0 Å². The molecule has 6 heteroatoms. The predicted molar refractivity (Wildman–Crippen MR) is 91.4 cm³/mol. The Hall–Kier alpha value is -3.02. The van der Waals surface area contributed by atoms with E-state index in [4.69, 9.17) is 9.47 Å². The molecule has 2 N–H and O–H groups in total. The SMILES string of the molecule is COC(=O)c1cc(CNC(=O)Nc2cccc(C)c2)ccc1OC. The van der Waals surface area contributed by atoms with Gasteiger partial charge >= 0.3 is 12.0 Å². The first-order valence-corrected chi connectivity index (χ1v) is 7.40. The third kappa shape index (κ3) is 4.49. The molecule has 2 rings (SSSR count). The lowest BCUT2D eigenvalue weighted by molar-refractivity contribution is 0.0597. The molecular weight excluding hydrogens is 308 g/mol. The minimum Gasteiger partial charge on any atom is -0.496 e. The van der Waals surface area contributed by atoms with Crippen LogP contribution in [0.25, 0.3) is 0 Å². The lowest BCUT2D eigenvalue weighted by atomic mass is 10.1. The molecular formula is C18H20N2O4. The maximum absolute atomic E-state index is 12.0. The minimum atomic E-state index is -0.488. The van der Waals surface area contributed by atoms with Gasteiger partial charge in [0.15, 0.2) is 0 Å². The van der Waals surface area contributed by atoms with Crippen LogP contribution in [0.4, 0.5) is 10.5 Å². The van der Waals surface area contributed by atoms with Crippen molar-refractivity contribution in [1.82, 2.24) is 5.32 Å². The van der Waals surface area contributed by atoms with Crippen molar-refractivity contribution in [2.24, 2.45) is 0 Å². The molecule has 0 radical (unpaired) electrons. The van der Waals surface area contributed by atoms with Crippen molar-refractivity contribution >= 4 is 17.7 Å². The monoisotopic (exact) mass is 328 g/mol. The van der Waals surface area contributed by atoms with Gasteiger partial charge in [0.2, 0.25) is 0 Å². The standard InChI is InChI=1S/C18H20N2O4/c1-12-5-4-6-14(9-12)20-18(22)19-11-13-7-8-16(23-2)15(10-13)17(21)24-3/h4-10H,11H2,1-3H3,(H2,19,20,22). The lowest BCUT2D eigenvalue weighted by Gasteiger charge is -2.11. The first-order valence-electron chi connectivity index (χ1n) is 7.40. The van der Waals surface area contributed by atoms with E-state index in [-0.39, 0.29) is 12.6 Å². The van der Waals surface area contributed by atoms with Gasteiger partial charge in [0.25, 0.3) is 0 Å². The Labute approximate surface area is 140 Å². The van der Waals surface area contributed by atoms with Crippen molar-refractivity contribution in [2.75, 3.05) is 19.5 Å². The summed E-state index contributed by atoms with van der Waals surface area (Å²) < 4.78 is 9.87. The number of hydrogen-bond acceptors (Lipinski definition) is 4. The Morgan fingerprint density at radius 2 is 1.88 bits per heavy atom. The van der Waals surface area contributed by atoms with Crippen molar-refractivity contribution in [2.45, 2.75) is 13.5 Å². The van der Waals surface area contributed by atoms with Crippen LogP contribution in [0.15, 0.2) is 42.5 Å². The maximum atomic E-state index is 12.0. The topological polar surface area (TPSA) is 76.7 Å². The second-order valence-electron chi connectivity index (χ2n) is 5.20. The number of esters is 1. The quantitative estimate of drug-likeness (QED) is 0.827. The molecule has 24 heavy (non-hydrogen) atoms. The molecule has 0 fully saturated rings. The fourth-order valence-electron chi connectivity index (χ4n) is 2.22. The van der Waals surface area contributed by atoms with Gasteiger partial charge in [-0.3, -0.25) is 0 Å². The van der Waals surface area contributed by atoms with Crippen molar-refractivity contribution in [3.8, 4) is 5.75 Å². The number of methoxy groups -OCH3 is 2. The number of anilines is 1. The third-order valence-corrected chi connectivity index (χ3v) is 3.40. The molecule has 0 spiro atoms. The number of carbonyl (C=O) groups excluding carboxylic acids is 2. The summed E-state index contributed by atoms with van der Waals surface area (Å²) in [6.45, 7) is 2.22. The summed E-state index contributed by atoms with van der Waals surface area (Å²) in [5, 5.41) is 5.50. The van der Waals surface area contributed by atoms with Crippen LogP contribution >= 0.6 is 0 Å². The zero-order chi connectivity index (χ0) is 17.5. The smallest absolute Gasteiger partial charge is 0.341 e. The predicted octanol–water partition coefficient (Wildman–Crippen LogP) is 3.11. The Bertz CT molecular complexity index is 744. The first kappa shape index (κ1) is 17.3. The van der Waals surface area contributed by atoms with Gasteiger partial charge in [0.1, 0.15) is 11.3 Å². The van der Waals surface area contributed by atoms with E-state index < -0.39 is 5.97 Å². The van der Waals surface area contributed by atoms with Crippen molar-refractivity contribution < 1.29 is 19.1 Å². The number of ether oxygens (including phenoxy) is 2. The molecule has 6 nitrogen and oxygen atoms in total. The highest BCUT2D eigenvalue weighted by atomic mass is 16.5. The number of carbonyl (C=O) groups is 2. The maximum Gasteiger partial charge on any atom is 0.341 e. The number of aryl methyl sites for hydroxylation is 1. The molecule has 0 atom stereocenters. The van der Waals surface area contributed by atoms with Gasteiger partial charge in [-0.25, -0.2) is 9.59 Å². The lowest BCUT2D eigenvalue weighted by Crippen LogP contribution is -2.28. The van der Waals surface area contributed by atoms with Gasteiger partial charge in [-0.05, 0) is 42.3 Å². The molecule has 126 valence electrons. The molecule has 0 saturated carbocycles. The molecule has 0 aliphatic carbocycles. The number of hydrogen-bond donors (Lipinski definition) is 2. The summed E-state index contributed by atoms with van der Waals surface area (Å²) in [5.41, 5.74) is 2.86. The normalized spacial score (nSPS) is 9.96. The molecule has 2 amide bonds. The van der Waals surface area contributed by atoms with Crippen molar-refractivity contribution in [3.05, 3.63) is 59.2 Å². The Kier molecular flexibility index (Phi) is 5.78. The molecule has 0 bridgehead atoms. The summed E-state index contributed by atoms with van der Waals surface area (Å²) >= 11 is 0. The molecule has 0 heterocycles. The molecule has 0 aliphatic rings. The van der Waals surface area contributed by atoms with E-state index in [0.29, 0.717) is 11.3 Å². The Balaban J connectivity index is 2.01. The zero-order valence-corrected chi connectivity index (χ0v) is 13.9. The van der Waals surface area contributed by atoms with E-state index in [9.17, 15) is 9.59 Å². The largest absolute Gasteiger partial charge is 0.496 e. The fourth-order valence-corrected chi connectivity index (χ4v) is 2.22. The summed E-state index contributed by atoms with van der Waals surface area (Å²) in [5.74, 6) is -0.0623. The molecule has 0 aliphatic heterocycles. The average Bonchev–Trinajstić information content (AvgIpc) is 2.59. The summed E-state index contributed by atoms with van der Waals surface area (Å²) in [6.07, 6.45) is 0. The highest BCUT2D eigenvalue weighted by molar-refractivity contribution is 5.93. The van der Waals surface area contributed by atoms with E-state index in [2.05, 4.69) is 10.6 Å². The van der Waals surface area contributed by atoms with Crippen molar-refractivity contribution in [3.63, 3.8) is 0 Å². The molecule has 0 aromatic heterocycles. The van der Waals surface area contributed by atoms with Crippen LogP contribution in [0.1, 0.15) is 21.5 Å². The molecule has 0 saturated heterocycles. The highest BCUT2D eigenvalue weighted by Crippen LogP contribution is 2.20. The summed E-state index contributed by atoms with van der Waals surface area (Å²) in [6, 6.07) is 12.3. The average molecular weight is 328 g/mol. The van der Waals surface area contributed by atoms with E-state index in [0.717, 1.165) is 16.8 Å². The number of amides is 2. The van der Waals surface area contributed by atoms with Crippen LogP contribution in [0.2, 0.25) is 0 Å². The van der Waals surface area contributed by atoms with Gasteiger partial charge in [-0.15, -0.1) is 0 Å². The van der Waals surface area contributed by atoms with Crippen molar-refractivity contribution in [1.29, 1.82) is 0 Å². The van der Waals surface area contributed by atoms with Crippen LogP contribution in [0, 0.1) is 6.92 Å². The highest BCUT2D eigenvalue weighted by Gasteiger charge is 2.13. The third-order valence-electron chi connectivity index (χ3n) is 3.40. The fraction of sp³-hybridized carbons (Fsp3) is 0.222. The van der Waals surface area contributed by atoms with E-state index in [1.807, 2.05) is 31.2 Å². The van der Waals surface area contributed by atoms with E-state index in [1.54, 1.807) is 18.2 Å². The number of benzene rings is 2. The molecule has 2 aromatic rings. The van der Waals surface area contributed by atoms with Gasteiger partial charge in [0.05, 0.1) is 14.2 Å². The molecule has 2 aromatic carbocycles. The molecule has 0 unspecified atom stereocenters. The second kappa shape index (κ2) is 8.01. The number of urea groups is 1. The number of nitrogens with one attached hydrogen (secondary N) is 2.